The van der Waals surface area contributed by atoms with Gasteiger partial charge in [-0.3, -0.25) is 14.6 Å². The number of amides is 2. The van der Waals surface area contributed by atoms with Gasteiger partial charge in [-0.1, -0.05) is 12.1 Å². The van der Waals surface area contributed by atoms with Crippen molar-refractivity contribution in [2.24, 2.45) is 7.05 Å². The van der Waals surface area contributed by atoms with Crippen molar-refractivity contribution >= 4 is 17.4 Å². The minimum absolute atomic E-state index is 0.0177. The molecule has 0 bridgehead atoms. The lowest BCUT2D eigenvalue weighted by atomic mass is 9.96. The Kier molecular flexibility index (Phi) is 7.13. The van der Waals surface area contributed by atoms with Crippen LogP contribution in [0.4, 0.5) is 20.6 Å². The van der Waals surface area contributed by atoms with Crippen LogP contribution in [0.15, 0.2) is 79.4 Å². The minimum atomic E-state index is -0.634. The predicted octanol–water partition coefficient (Wildman–Crippen LogP) is 6.07. The third-order valence-electron chi connectivity index (χ3n) is 6.80. The Morgan fingerprint density at radius 2 is 1.80 bits per heavy atom. The zero-order valence-corrected chi connectivity index (χ0v) is 22.6. The molecule has 2 aromatic carbocycles. The van der Waals surface area contributed by atoms with Gasteiger partial charge in [0.05, 0.1) is 29.0 Å². The van der Waals surface area contributed by atoms with Crippen molar-refractivity contribution in [2.45, 2.75) is 19.9 Å². The molecule has 0 saturated carbocycles. The summed E-state index contributed by atoms with van der Waals surface area (Å²) in [4.78, 5) is 21.9. The van der Waals surface area contributed by atoms with Gasteiger partial charge in [-0.05, 0) is 66.9 Å². The standard InChI is InChI=1S/C31H28FN7O2/c1-19-11-29(30(35-15-19)21-3-4-22-16-33-9-7-20(22)12-21)38-31(40)37-27-6-5-24(13-26(27)32)41-25-8-10-34-28(14-25)23-17-36-39(2)18-23/h3-6,8,10-15,17-18,33H,7,9,16H2,1-2H3,(H2,37,38,40). The average molecular weight is 550 g/mol. The lowest BCUT2D eigenvalue weighted by molar-refractivity contribution is 0.262. The van der Waals surface area contributed by atoms with Crippen molar-refractivity contribution in [3.63, 3.8) is 0 Å². The van der Waals surface area contributed by atoms with Crippen LogP contribution in [0, 0.1) is 12.7 Å². The van der Waals surface area contributed by atoms with Crippen molar-refractivity contribution in [2.75, 3.05) is 17.2 Å². The van der Waals surface area contributed by atoms with E-state index in [2.05, 4.69) is 43.1 Å². The largest absolute Gasteiger partial charge is 0.457 e. The zero-order valence-electron chi connectivity index (χ0n) is 22.6. The molecule has 0 fully saturated rings. The van der Waals surface area contributed by atoms with Crippen LogP contribution in [0.25, 0.3) is 22.5 Å². The van der Waals surface area contributed by atoms with Crippen molar-refractivity contribution in [3.8, 4) is 34.0 Å². The van der Waals surface area contributed by atoms with E-state index in [1.807, 2.05) is 32.3 Å². The summed E-state index contributed by atoms with van der Waals surface area (Å²) in [5, 5.41) is 13.0. The van der Waals surface area contributed by atoms with Crippen LogP contribution < -0.4 is 20.7 Å². The summed E-state index contributed by atoms with van der Waals surface area (Å²) in [5.74, 6) is 0.143. The summed E-state index contributed by atoms with van der Waals surface area (Å²) in [6.07, 6.45) is 7.86. The summed E-state index contributed by atoms with van der Waals surface area (Å²) < 4.78 is 22.5. The molecule has 3 N–H and O–H groups in total. The number of ether oxygens (including phenoxy) is 1. The van der Waals surface area contributed by atoms with E-state index >= 15 is 4.39 Å². The Hall–Kier alpha value is -5.09. The van der Waals surface area contributed by atoms with Gasteiger partial charge in [0, 0.05) is 55.4 Å². The highest BCUT2D eigenvalue weighted by molar-refractivity contribution is 6.02. The number of carbonyl (C=O) groups excluding carboxylic acids is 1. The molecule has 3 aromatic heterocycles. The topological polar surface area (TPSA) is 106 Å². The number of hydrogen-bond donors (Lipinski definition) is 3. The molecule has 206 valence electrons. The molecule has 41 heavy (non-hydrogen) atoms. The summed E-state index contributed by atoms with van der Waals surface area (Å²) >= 11 is 0. The average Bonchev–Trinajstić information content (AvgIpc) is 3.41. The number of aryl methyl sites for hydroxylation is 2. The number of carbonyl (C=O) groups is 1. The number of nitrogens with one attached hydrogen (secondary N) is 3. The molecular weight excluding hydrogens is 521 g/mol. The fourth-order valence-electron chi connectivity index (χ4n) is 4.78. The van der Waals surface area contributed by atoms with E-state index in [-0.39, 0.29) is 11.4 Å². The number of nitrogens with zero attached hydrogens (tertiary/aromatic N) is 4. The normalized spacial score (nSPS) is 12.5. The summed E-state index contributed by atoms with van der Waals surface area (Å²) in [6.45, 7) is 3.67. The number of fused-ring (bicyclic) bond motifs is 1. The molecule has 0 radical (unpaired) electrons. The molecular formula is C31H28FN7O2. The first-order valence-electron chi connectivity index (χ1n) is 13.2. The van der Waals surface area contributed by atoms with Gasteiger partial charge in [-0.2, -0.15) is 5.10 Å². The number of aromatic nitrogens is 4. The first-order chi connectivity index (χ1) is 19.9. The second-order valence-electron chi connectivity index (χ2n) is 9.92. The fraction of sp³-hybridized carbons (Fsp3) is 0.161. The van der Waals surface area contributed by atoms with Gasteiger partial charge in [0.2, 0.25) is 0 Å². The van der Waals surface area contributed by atoms with E-state index in [0.29, 0.717) is 22.8 Å². The molecule has 10 heteroatoms. The Balaban J connectivity index is 1.16. The fourth-order valence-corrected chi connectivity index (χ4v) is 4.78. The Bertz CT molecular complexity index is 1750. The second-order valence-corrected chi connectivity index (χ2v) is 9.92. The van der Waals surface area contributed by atoms with Gasteiger partial charge < -0.3 is 20.7 Å². The minimum Gasteiger partial charge on any atom is -0.457 e. The van der Waals surface area contributed by atoms with Gasteiger partial charge >= 0.3 is 6.03 Å². The zero-order chi connectivity index (χ0) is 28.3. The van der Waals surface area contributed by atoms with Crippen LogP contribution in [0.1, 0.15) is 16.7 Å². The quantitative estimate of drug-likeness (QED) is 0.237. The van der Waals surface area contributed by atoms with Gasteiger partial charge in [0.25, 0.3) is 0 Å². The molecule has 4 heterocycles. The number of hydrogen-bond acceptors (Lipinski definition) is 6. The SMILES string of the molecule is Cc1cnc(-c2ccc3c(c2)CCNC3)c(NC(=O)Nc2ccc(Oc3ccnc(-c4cnn(C)c4)c3)cc2F)c1. The van der Waals surface area contributed by atoms with E-state index in [1.54, 1.807) is 41.5 Å². The van der Waals surface area contributed by atoms with Crippen LogP contribution >= 0.6 is 0 Å². The maximum atomic E-state index is 15.0. The molecule has 0 aliphatic carbocycles. The second kappa shape index (κ2) is 11.2. The van der Waals surface area contributed by atoms with Crippen molar-refractivity contribution < 1.29 is 13.9 Å². The molecule has 0 atom stereocenters. The highest BCUT2D eigenvalue weighted by Gasteiger charge is 2.16. The van der Waals surface area contributed by atoms with Crippen molar-refractivity contribution in [1.82, 2.24) is 25.1 Å². The Labute approximate surface area is 236 Å². The molecule has 1 aliphatic heterocycles. The van der Waals surface area contributed by atoms with Crippen LogP contribution in [0.3, 0.4) is 0 Å². The summed E-state index contributed by atoms with van der Waals surface area (Å²) in [5.41, 5.74) is 7.07. The number of pyridine rings is 2. The van der Waals surface area contributed by atoms with Gasteiger partial charge in [-0.15, -0.1) is 0 Å². The molecule has 0 unspecified atom stereocenters. The van der Waals surface area contributed by atoms with Crippen molar-refractivity contribution in [3.05, 3.63) is 102 Å². The lowest BCUT2D eigenvalue weighted by Crippen LogP contribution is -2.23. The highest BCUT2D eigenvalue weighted by atomic mass is 19.1. The number of rotatable bonds is 6. The predicted molar refractivity (Wildman–Crippen MR) is 155 cm³/mol. The summed E-state index contributed by atoms with van der Waals surface area (Å²) in [6, 6.07) is 15.2. The van der Waals surface area contributed by atoms with Crippen LogP contribution in [-0.4, -0.2) is 32.3 Å². The molecule has 0 saturated heterocycles. The Morgan fingerprint density at radius 1 is 0.951 bits per heavy atom. The van der Waals surface area contributed by atoms with E-state index in [0.717, 1.165) is 36.2 Å². The maximum absolute atomic E-state index is 15.0. The number of halogens is 1. The molecule has 2 amide bonds. The third kappa shape index (κ3) is 5.92. The van der Waals surface area contributed by atoms with Crippen LogP contribution in [0.2, 0.25) is 0 Å². The van der Waals surface area contributed by atoms with E-state index in [9.17, 15) is 4.79 Å². The number of benzene rings is 2. The summed E-state index contributed by atoms with van der Waals surface area (Å²) in [7, 11) is 1.83. The molecule has 0 spiro atoms. The number of anilines is 2. The first kappa shape index (κ1) is 26.1. The van der Waals surface area contributed by atoms with Gasteiger partial charge in [0.15, 0.2) is 0 Å². The first-order valence-corrected chi connectivity index (χ1v) is 13.2. The van der Waals surface area contributed by atoms with Crippen molar-refractivity contribution in [1.29, 1.82) is 0 Å². The van der Waals surface area contributed by atoms with Gasteiger partial charge in [0.1, 0.15) is 17.3 Å². The Morgan fingerprint density at radius 3 is 2.63 bits per heavy atom. The highest BCUT2D eigenvalue weighted by Crippen LogP contribution is 2.31. The lowest BCUT2D eigenvalue weighted by Gasteiger charge is -2.19. The van der Waals surface area contributed by atoms with E-state index in [1.165, 1.54) is 23.3 Å². The molecule has 6 rings (SSSR count). The van der Waals surface area contributed by atoms with Crippen LogP contribution in [0.5, 0.6) is 11.5 Å². The van der Waals surface area contributed by atoms with Crippen LogP contribution in [-0.2, 0) is 20.0 Å². The van der Waals surface area contributed by atoms with Gasteiger partial charge in [-0.25, -0.2) is 9.18 Å². The number of urea groups is 1. The molecule has 9 nitrogen and oxygen atoms in total. The van der Waals surface area contributed by atoms with E-state index in [4.69, 9.17) is 4.74 Å². The smallest absolute Gasteiger partial charge is 0.323 e. The monoisotopic (exact) mass is 549 g/mol. The van der Waals surface area contributed by atoms with E-state index < -0.39 is 11.8 Å². The molecule has 1 aliphatic rings. The molecule has 5 aromatic rings. The maximum Gasteiger partial charge on any atom is 0.323 e. The third-order valence-corrected chi connectivity index (χ3v) is 6.80.